The van der Waals surface area contributed by atoms with Gasteiger partial charge in [-0.2, -0.15) is 0 Å². The first-order valence-corrected chi connectivity index (χ1v) is 7.54. The molecule has 0 spiro atoms. The van der Waals surface area contributed by atoms with Gasteiger partial charge in [-0.25, -0.2) is 0 Å². The third-order valence-electron chi connectivity index (χ3n) is 4.04. The number of hydrogen-bond acceptors (Lipinski definition) is 1. The SMILES string of the molecule is NCCC1CCCCC1Cc1ccccc1Br. The van der Waals surface area contributed by atoms with Gasteiger partial charge in [-0.15, -0.1) is 0 Å². The van der Waals surface area contributed by atoms with Crippen molar-refractivity contribution in [3.8, 4) is 0 Å². The average molecular weight is 296 g/mol. The molecule has 1 aliphatic rings. The van der Waals surface area contributed by atoms with Crippen LogP contribution in [0.15, 0.2) is 28.7 Å². The van der Waals surface area contributed by atoms with Crippen molar-refractivity contribution in [1.82, 2.24) is 0 Å². The molecule has 1 nitrogen and oxygen atoms in total. The molecule has 0 aliphatic heterocycles. The molecule has 1 saturated carbocycles. The summed E-state index contributed by atoms with van der Waals surface area (Å²) in [6.07, 6.45) is 7.98. The summed E-state index contributed by atoms with van der Waals surface area (Å²) in [5.41, 5.74) is 7.20. The smallest absolute Gasteiger partial charge is 0.0207 e. The number of halogens is 1. The van der Waals surface area contributed by atoms with Crippen LogP contribution in [0.3, 0.4) is 0 Å². The molecule has 2 atom stereocenters. The predicted molar refractivity (Wildman–Crippen MR) is 77.0 cm³/mol. The maximum absolute atomic E-state index is 5.74. The molecule has 2 rings (SSSR count). The molecule has 0 heterocycles. The summed E-state index contributed by atoms with van der Waals surface area (Å²) in [4.78, 5) is 0. The van der Waals surface area contributed by atoms with E-state index in [1.807, 2.05) is 0 Å². The predicted octanol–water partition coefficient (Wildman–Crippen LogP) is 4.15. The van der Waals surface area contributed by atoms with E-state index in [9.17, 15) is 0 Å². The molecule has 2 N–H and O–H groups in total. The van der Waals surface area contributed by atoms with Gasteiger partial charge in [-0.3, -0.25) is 0 Å². The highest BCUT2D eigenvalue weighted by atomic mass is 79.9. The zero-order chi connectivity index (χ0) is 12.1. The van der Waals surface area contributed by atoms with Gasteiger partial charge >= 0.3 is 0 Å². The number of rotatable bonds is 4. The van der Waals surface area contributed by atoms with Gasteiger partial charge in [-0.1, -0.05) is 53.4 Å². The maximum Gasteiger partial charge on any atom is 0.0207 e. The van der Waals surface area contributed by atoms with E-state index in [2.05, 4.69) is 40.2 Å². The highest BCUT2D eigenvalue weighted by molar-refractivity contribution is 9.10. The number of benzene rings is 1. The summed E-state index contributed by atoms with van der Waals surface area (Å²) < 4.78 is 1.26. The fourth-order valence-electron chi connectivity index (χ4n) is 3.09. The van der Waals surface area contributed by atoms with Crippen molar-refractivity contribution in [2.24, 2.45) is 17.6 Å². The van der Waals surface area contributed by atoms with Crippen LogP contribution in [0.5, 0.6) is 0 Å². The van der Waals surface area contributed by atoms with E-state index in [4.69, 9.17) is 5.73 Å². The van der Waals surface area contributed by atoms with Crippen LogP contribution < -0.4 is 5.73 Å². The molecule has 1 aromatic rings. The van der Waals surface area contributed by atoms with Crippen molar-refractivity contribution in [3.63, 3.8) is 0 Å². The Bertz CT molecular complexity index is 349. The lowest BCUT2D eigenvalue weighted by atomic mass is 9.75. The van der Waals surface area contributed by atoms with Crippen molar-refractivity contribution in [1.29, 1.82) is 0 Å². The second-order valence-corrected chi connectivity index (χ2v) is 6.03. The molecule has 0 amide bonds. The molecule has 2 heteroatoms. The van der Waals surface area contributed by atoms with Gasteiger partial charge in [0.2, 0.25) is 0 Å². The summed E-state index contributed by atoms with van der Waals surface area (Å²) in [6, 6.07) is 8.63. The Kier molecular flexibility index (Phi) is 5.05. The Morgan fingerprint density at radius 1 is 1.12 bits per heavy atom. The van der Waals surface area contributed by atoms with Crippen molar-refractivity contribution in [2.45, 2.75) is 38.5 Å². The Labute approximate surface area is 113 Å². The van der Waals surface area contributed by atoms with Gasteiger partial charge in [0, 0.05) is 4.47 Å². The first-order valence-electron chi connectivity index (χ1n) is 6.74. The second kappa shape index (κ2) is 6.55. The zero-order valence-electron chi connectivity index (χ0n) is 10.4. The van der Waals surface area contributed by atoms with Crippen LogP contribution in [0, 0.1) is 11.8 Å². The fourth-order valence-corrected chi connectivity index (χ4v) is 3.54. The molecule has 1 fully saturated rings. The van der Waals surface area contributed by atoms with Gasteiger partial charge in [0.15, 0.2) is 0 Å². The monoisotopic (exact) mass is 295 g/mol. The Morgan fingerprint density at radius 3 is 2.53 bits per heavy atom. The van der Waals surface area contributed by atoms with Gasteiger partial charge in [0.1, 0.15) is 0 Å². The quantitative estimate of drug-likeness (QED) is 0.887. The molecule has 94 valence electrons. The summed E-state index contributed by atoms with van der Waals surface area (Å²) >= 11 is 3.66. The lowest BCUT2D eigenvalue weighted by molar-refractivity contribution is 0.225. The normalized spacial score (nSPS) is 24.8. The minimum Gasteiger partial charge on any atom is -0.330 e. The van der Waals surface area contributed by atoms with Gasteiger partial charge in [-0.05, 0) is 49.3 Å². The molecule has 0 bridgehead atoms. The molecule has 17 heavy (non-hydrogen) atoms. The van der Waals surface area contributed by atoms with Crippen LogP contribution in [0.25, 0.3) is 0 Å². The summed E-state index contributed by atoms with van der Waals surface area (Å²) in [6.45, 7) is 0.844. The van der Waals surface area contributed by atoms with Crippen molar-refractivity contribution >= 4 is 15.9 Å². The van der Waals surface area contributed by atoms with Crippen molar-refractivity contribution in [2.75, 3.05) is 6.54 Å². The van der Waals surface area contributed by atoms with E-state index >= 15 is 0 Å². The molecule has 0 saturated heterocycles. The van der Waals surface area contributed by atoms with Crippen LogP contribution >= 0.6 is 15.9 Å². The van der Waals surface area contributed by atoms with E-state index in [-0.39, 0.29) is 0 Å². The first-order chi connectivity index (χ1) is 8.31. The van der Waals surface area contributed by atoms with Crippen LogP contribution in [0.4, 0.5) is 0 Å². The van der Waals surface area contributed by atoms with Crippen LogP contribution in [-0.2, 0) is 6.42 Å². The van der Waals surface area contributed by atoms with E-state index in [1.165, 1.54) is 48.6 Å². The van der Waals surface area contributed by atoms with Crippen LogP contribution in [-0.4, -0.2) is 6.54 Å². The maximum atomic E-state index is 5.74. The number of nitrogens with two attached hydrogens (primary N) is 1. The first kappa shape index (κ1) is 13.1. The fraction of sp³-hybridized carbons (Fsp3) is 0.600. The molecular weight excluding hydrogens is 274 g/mol. The molecule has 1 aromatic carbocycles. The second-order valence-electron chi connectivity index (χ2n) is 5.18. The standard InChI is InChI=1S/C15H22BrN/c16-15-8-4-3-7-14(15)11-13-6-2-1-5-12(13)9-10-17/h3-4,7-8,12-13H,1-2,5-6,9-11,17H2. The van der Waals surface area contributed by atoms with Crippen molar-refractivity contribution < 1.29 is 0 Å². The molecule has 0 aromatic heterocycles. The minimum atomic E-state index is 0.839. The van der Waals surface area contributed by atoms with E-state index in [1.54, 1.807) is 0 Å². The zero-order valence-corrected chi connectivity index (χ0v) is 12.0. The molecule has 0 radical (unpaired) electrons. The Hall–Kier alpha value is -0.340. The number of hydrogen-bond donors (Lipinski definition) is 1. The highest BCUT2D eigenvalue weighted by Gasteiger charge is 2.24. The van der Waals surface area contributed by atoms with Crippen molar-refractivity contribution in [3.05, 3.63) is 34.3 Å². The van der Waals surface area contributed by atoms with Gasteiger partial charge in [0.25, 0.3) is 0 Å². The lowest BCUT2D eigenvalue weighted by Gasteiger charge is -2.31. The van der Waals surface area contributed by atoms with Crippen LogP contribution in [0.2, 0.25) is 0 Å². The largest absolute Gasteiger partial charge is 0.330 e. The summed E-state index contributed by atoms with van der Waals surface area (Å²) in [7, 11) is 0. The van der Waals surface area contributed by atoms with Gasteiger partial charge in [0.05, 0.1) is 0 Å². The molecular formula is C15H22BrN. The highest BCUT2D eigenvalue weighted by Crippen LogP contribution is 2.35. The summed E-state index contributed by atoms with van der Waals surface area (Å²) in [5, 5.41) is 0. The molecule has 1 aliphatic carbocycles. The van der Waals surface area contributed by atoms with Crippen LogP contribution in [0.1, 0.15) is 37.7 Å². The summed E-state index contributed by atoms with van der Waals surface area (Å²) in [5.74, 6) is 1.69. The molecule has 2 unspecified atom stereocenters. The van der Waals surface area contributed by atoms with E-state index < -0.39 is 0 Å². The van der Waals surface area contributed by atoms with Gasteiger partial charge < -0.3 is 5.73 Å². The van der Waals surface area contributed by atoms with E-state index in [0.29, 0.717) is 0 Å². The van der Waals surface area contributed by atoms with E-state index in [0.717, 1.165) is 18.4 Å². The Balaban J connectivity index is 2.03. The third kappa shape index (κ3) is 3.56. The minimum absolute atomic E-state index is 0.839. The topological polar surface area (TPSA) is 26.0 Å². The Morgan fingerprint density at radius 2 is 1.82 bits per heavy atom. The third-order valence-corrected chi connectivity index (χ3v) is 4.82. The lowest BCUT2D eigenvalue weighted by Crippen LogP contribution is -2.24. The average Bonchev–Trinajstić information content (AvgIpc) is 2.35.